The van der Waals surface area contributed by atoms with E-state index in [1.165, 1.54) is 11.1 Å². The Balaban J connectivity index is 0.00000289. The lowest BCUT2D eigenvalue weighted by Crippen LogP contribution is -2.47. The Bertz CT molecular complexity index is 996. The van der Waals surface area contributed by atoms with E-state index in [9.17, 15) is 0 Å². The minimum absolute atomic E-state index is 0. The number of piperidine rings is 1. The molecule has 1 aromatic heterocycles. The molecule has 1 aliphatic heterocycles. The van der Waals surface area contributed by atoms with Crippen LogP contribution in [0.25, 0.3) is 0 Å². The summed E-state index contributed by atoms with van der Waals surface area (Å²) in [7, 11) is 1.85. The zero-order chi connectivity index (χ0) is 21.5. The number of halogens is 1. The van der Waals surface area contributed by atoms with Gasteiger partial charge in [-0.2, -0.15) is 0 Å². The number of nitrogens with one attached hydrogen (secondary N) is 1. The molecule has 0 atom stereocenters. The van der Waals surface area contributed by atoms with Gasteiger partial charge in [-0.15, -0.1) is 24.0 Å². The van der Waals surface area contributed by atoms with Crippen LogP contribution in [0, 0.1) is 6.92 Å². The molecule has 6 nitrogen and oxygen atoms in total. The predicted molar refractivity (Wildman–Crippen MR) is 140 cm³/mol. The molecule has 1 saturated heterocycles. The fraction of sp³-hybridized carbons (Fsp3) is 0.360. The van der Waals surface area contributed by atoms with Crippen LogP contribution in [-0.2, 0) is 13.1 Å². The Kier molecular flexibility index (Phi) is 8.96. The lowest BCUT2D eigenvalue weighted by Gasteiger charge is -2.34. The molecule has 1 N–H and O–H groups in total. The van der Waals surface area contributed by atoms with Gasteiger partial charge in [0.05, 0.1) is 0 Å². The van der Waals surface area contributed by atoms with E-state index < -0.39 is 0 Å². The third-order valence-corrected chi connectivity index (χ3v) is 5.72. The van der Waals surface area contributed by atoms with Gasteiger partial charge in [-0.05, 0) is 30.2 Å². The van der Waals surface area contributed by atoms with Crippen molar-refractivity contribution in [3.05, 3.63) is 83.9 Å². The van der Waals surface area contributed by atoms with E-state index in [0.717, 1.165) is 56.6 Å². The van der Waals surface area contributed by atoms with Crippen molar-refractivity contribution >= 4 is 29.9 Å². The maximum atomic E-state index is 6.12. The maximum Gasteiger partial charge on any atom is 0.193 e. The van der Waals surface area contributed by atoms with Crippen molar-refractivity contribution in [2.24, 2.45) is 4.99 Å². The van der Waals surface area contributed by atoms with Gasteiger partial charge in [0.25, 0.3) is 0 Å². The fourth-order valence-electron chi connectivity index (χ4n) is 4.00. The first kappa shape index (κ1) is 24.1. The average Bonchev–Trinajstić information content (AvgIpc) is 3.20. The number of para-hydroxylation sites is 1. The Morgan fingerprint density at radius 1 is 1.09 bits per heavy atom. The van der Waals surface area contributed by atoms with Crippen LogP contribution in [0.1, 0.15) is 29.8 Å². The monoisotopic (exact) mass is 545 g/mol. The Labute approximate surface area is 207 Å². The number of hydrogen-bond acceptors (Lipinski definition) is 3. The summed E-state index contributed by atoms with van der Waals surface area (Å²) in [6.45, 7) is 5.50. The van der Waals surface area contributed by atoms with Crippen molar-refractivity contribution in [3.8, 4) is 5.75 Å². The molecule has 170 valence electrons. The standard InChI is InChI=1S/C25H31N5O.HI/c1-20-27-13-16-30(20)19-22-8-6-7-21(17-22)18-28-25(26-2)29-14-11-24(12-15-29)31-23-9-4-3-5-10-23;/h3-10,13,16-17,24H,11-12,14-15,18-19H2,1-2H3,(H,26,28);1H. The van der Waals surface area contributed by atoms with E-state index in [2.05, 4.69) is 49.0 Å². The van der Waals surface area contributed by atoms with Crippen molar-refractivity contribution in [2.45, 2.75) is 39.0 Å². The zero-order valence-corrected chi connectivity index (χ0v) is 21.1. The Morgan fingerprint density at radius 3 is 2.53 bits per heavy atom. The highest BCUT2D eigenvalue weighted by Gasteiger charge is 2.22. The maximum absolute atomic E-state index is 6.12. The largest absolute Gasteiger partial charge is 0.490 e. The first-order chi connectivity index (χ1) is 15.2. The predicted octanol–water partition coefficient (Wildman–Crippen LogP) is 4.48. The third kappa shape index (κ3) is 6.48. The van der Waals surface area contributed by atoms with Crippen LogP contribution in [0.15, 0.2) is 72.0 Å². The molecule has 1 aliphatic rings. The van der Waals surface area contributed by atoms with Gasteiger partial charge in [0.2, 0.25) is 0 Å². The molecule has 0 bridgehead atoms. The van der Waals surface area contributed by atoms with Crippen LogP contribution in [0.5, 0.6) is 5.75 Å². The van der Waals surface area contributed by atoms with Gasteiger partial charge in [0, 0.05) is 58.5 Å². The molecule has 0 spiro atoms. The first-order valence-electron chi connectivity index (χ1n) is 10.9. The number of guanidine groups is 1. The lowest BCUT2D eigenvalue weighted by molar-refractivity contribution is 0.129. The highest BCUT2D eigenvalue weighted by molar-refractivity contribution is 14.0. The molecule has 4 rings (SSSR count). The van der Waals surface area contributed by atoms with Gasteiger partial charge in [0.1, 0.15) is 17.7 Å². The van der Waals surface area contributed by atoms with E-state index in [0.29, 0.717) is 0 Å². The lowest BCUT2D eigenvalue weighted by atomic mass is 10.1. The molecule has 7 heteroatoms. The fourth-order valence-corrected chi connectivity index (χ4v) is 4.00. The van der Waals surface area contributed by atoms with Crippen LogP contribution in [-0.4, -0.2) is 46.7 Å². The number of aryl methyl sites for hydroxylation is 1. The number of benzene rings is 2. The number of ether oxygens (including phenoxy) is 1. The third-order valence-electron chi connectivity index (χ3n) is 5.72. The van der Waals surface area contributed by atoms with Gasteiger partial charge >= 0.3 is 0 Å². The smallest absolute Gasteiger partial charge is 0.193 e. The van der Waals surface area contributed by atoms with Gasteiger partial charge in [-0.1, -0.05) is 42.5 Å². The number of nitrogens with zero attached hydrogens (tertiary/aromatic N) is 4. The molecule has 0 saturated carbocycles. The van der Waals surface area contributed by atoms with E-state index in [1.807, 2.05) is 56.7 Å². The summed E-state index contributed by atoms with van der Waals surface area (Å²) < 4.78 is 8.28. The van der Waals surface area contributed by atoms with E-state index in [-0.39, 0.29) is 30.1 Å². The SMILES string of the molecule is CN=C(NCc1cccc(Cn2ccnc2C)c1)N1CCC(Oc2ccccc2)CC1.I. The molecule has 0 amide bonds. The highest BCUT2D eigenvalue weighted by atomic mass is 127. The normalized spacial score (nSPS) is 14.7. The van der Waals surface area contributed by atoms with Crippen LogP contribution in [0.2, 0.25) is 0 Å². The number of rotatable bonds is 6. The second-order valence-electron chi connectivity index (χ2n) is 7.94. The quantitative estimate of drug-likeness (QED) is 0.282. The van der Waals surface area contributed by atoms with Crippen LogP contribution in [0.4, 0.5) is 0 Å². The van der Waals surface area contributed by atoms with Crippen LogP contribution < -0.4 is 10.1 Å². The van der Waals surface area contributed by atoms with Crippen molar-refractivity contribution in [2.75, 3.05) is 20.1 Å². The molecular weight excluding hydrogens is 513 g/mol. The van der Waals surface area contributed by atoms with Gasteiger partial charge in [-0.3, -0.25) is 4.99 Å². The molecule has 0 radical (unpaired) electrons. The highest BCUT2D eigenvalue weighted by Crippen LogP contribution is 2.19. The van der Waals surface area contributed by atoms with Crippen LogP contribution in [0.3, 0.4) is 0 Å². The van der Waals surface area contributed by atoms with Crippen molar-refractivity contribution in [1.82, 2.24) is 19.8 Å². The van der Waals surface area contributed by atoms with Crippen molar-refractivity contribution in [1.29, 1.82) is 0 Å². The number of hydrogen-bond donors (Lipinski definition) is 1. The van der Waals surface area contributed by atoms with Crippen LogP contribution >= 0.6 is 24.0 Å². The number of likely N-dealkylation sites (tertiary alicyclic amines) is 1. The molecule has 0 unspecified atom stereocenters. The summed E-state index contributed by atoms with van der Waals surface area (Å²) in [6, 6.07) is 18.8. The minimum Gasteiger partial charge on any atom is -0.490 e. The summed E-state index contributed by atoms with van der Waals surface area (Å²) in [5, 5.41) is 3.53. The second kappa shape index (κ2) is 11.9. The minimum atomic E-state index is 0. The summed E-state index contributed by atoms with van der Waals surface area (Å²) in [5.41, 5.74) is 2.52. The topological polar surface area (TPSA) is 54.7 Å². The van der Waals surface area contributed by atoms with Gasteiger partial charge < -0.3 is 19.5 Å². The Hall–Kier alpha value is -2.55. The Morgan fingerprint density at radius 2 is 1.84 bits per heavy atom. The molecule has 0 aliphatic carbocycles. The van der Waals surface area contributed by atoms with Crippen molar-refractivity contribution in [3.63, 3.8) is 0 Å². The van der Waals surface area contributed by atoms with E-state index >= 15 is 0 Å². The number of imidazole rings is 1. The summed E-state index contributed by atoms with van der Waals surface area (Å²) in [4.78, 5) is 11.1. The number of aromatic nitrogens is 2. The summed E-state index contributed by atoms with van der Waals surface area (Å²) in [6.07, 6.45) is 6.12. The second-order valence-corrected chi connectivity index (χ2v) is 7.94. The molecule has 2 heterocycles. The van der Waals surface area contributed by atoms with Gasteiger partial charge in [0.15, 0.2) is 5.96 Å². The number of aliphatic imine (C=N–C) groups is 1. The average molecular weight is 545 g/mol. The van der Waals surface area contributed by atoms with Gasteiger partial charge in [-0.25, -0.2) is 4.98 Å². The zero-order valence-electron chi connectivity index (χ0n) is 18.8. The molecule has 1 fully saturated rings. The van der Waals surface area contributed by atoms with E-state index in [1.54, 1.807) is 0 Å². The van der Waals surface area contributed by atoms with E-state index in [4.69, 9.17) is 4.74 Å². The summed E-state index contributed by atoms with van der Waals surface area (Å²) >= 11 is 0. The molecule has 2 aromatic carbocycles. The first-order valence-corrected chi connectivity index (χ1v) is 10.9. The summed E-state index contributed by atoms with van der Waals surface area (Å²) in [5.74, 6) is 2.94. The van der Waals surface area contributed by atoms with Crippen molar-refractivity contribution < 1.29 is 4.74 Å². The molecule has 3 aromatic rings. The molecule has 32 heavy (non-hydrogen) atoms. The molecular formula is C25H32IN5O.